The second-order valence-corrected chi connectivity index (χ2v) is 8.53. The molecule has 0 saturated carbocycles. The van der Waals surface area contributed by atoms with Gasteiger partial charge in [0.25, 0.3) is 0 Å². The maximum absolute atomic E-state index is 12.6. The van der Waals surface area contributed by atoms with Crippen LogP contribution in [0.4, 0.5) is 5.69 Å². The Morgan fingerprint density at radius 3 is 2.23 bits per heavy atom. The van der Waals surface area contributed by atoms with Gasteiger partial charge < -0.3 is 15.5 Å². The average molecular weight is 423 g/mol. The highest BCUT2D eigenvalue weighted by Gasteiger charge is 2.19. The van der Waals surface area contributed by atoms with E-state index in [0.29, 0.717) is 18.9 Å². The molecule has 2 aromatic rings. The van der Waals surface area contributed by atoms with Gasteiger partial charge in [0.05, 0.1) is 6.54 Å². The highest BCUT2D eigenvalue weighted by molar-refractivity contribution is 5.95. The zero-order valence-electron chi connectivity index (χ0n) is 18.6. The van der Waals surface area contributed by atoms with Crippen molar-refractivity contribution in [3.8, 4) is 11.1 Å². The fraction of sp³-hybridized carbons (Fsp3) is 0.440. The smallest absolute Gasteiger partial charge is 0.234 e. The van der Waals surface area contributed by atoms with E-state index in [-0.39, 0.29) is 11.8 Å². The molecule has 0 bridgehead atoms. The van der Waals surface area contributed by atoms with Crippen molar-refractivity contribution in [2.24, 2.45) is 5.92 Å². The lowest BCUT2D eigenvalue weighted by Crippen LogP contribution is -2.50. The molecule has 0 aliphatic carbocycles. The molecule has 2 N–H and O–H groups in total. The summed E-state index contributed by atoms with van der Waals surface area (Å²) in [7, 11) is 0. The maximum atomic E-state index is 12.6. The molecule has 1 aliphatic rings. The summed E-state index contributed by atoms with van der Waals surface area (Å²) in [6.45, 7) is 9.56. The number of carbonyl (C=O) groups excluding carboxylic acids is 2. The van der Waals surface area contributed by atoms with E-state index in [4.69, 9.17) is 0 Å². The molecule has 0 unspecified atom stereocenters. The lowest BCUT2D eigenvalue weighted by Gasteiger charge is -2.34. The van der Waals surface area contributed by atoms with Crippen LogP contribution in [0, 0.1) is 5.92 Å². The minimum atomic E-state index is 0.0267. The normalized spacial score (nSPS) is 15.1. The van der Waals surface area contributed by atoms with Crippen LogP contribution in [-0.4, -0.2) is 67.4 Å². The summed E-state index contributed by atoms with van der Waals surface area (Å²) in [5, 5.41) is 6.05. The molecule has 0 atom stereocenters. The maximum Gasteiger partial charge on any atom is 0.234 e. The first kappa shape index (κ1) is 23.0. The molecule has 3 rings (SSSR count). The van der Waals surface area contributed by atoms with Crippen LogP contribution < -0.4 is 10.6 Å². The van der Waals surface area contributed by atoms with Crippen LogP contribution in [0.5, 0.6) is 0 Å². The molecule has 6 heteroatoms. The fourth-order valence-electron chi connectivity index (χ4n) is 3.68. The highest BCUT2D eigenvalue weighted by Crippen LogP contribution is 2.27. The molecule has 2 aromatic carbocycles. The van der Waals surface area contributed by atoms with Crippen LogP contribution in [0.25, 0.3) is 11.1 Å². The Hall–Kier alpha value is -2.70. The molecule has 2 amide bonds. The zero-order valence-corrected chi connectivity index (χ0v) is 18.6. The second kappa shape index (κ2) is 11.6. The number of para-hydroxylation sites is 1. The van der Waals surface area contributed by atoms with Gasteiger partial charge in [-0.2, -0.15) is 0 Å². The first-order valence-corrected chi connectivity index (χ1v) is 11.2. The molecule has 0 aromatic heterocycles. The van der Waals surface area contributed by atoms with Crippen LogP contribution >= 0.6 is 0 Å². The number of piperazine rings is 1. The standard InChI is InChI=1S/C25H34N4O2/c1-20(2)18-26-25(31)19-29-16-14-28(15-17-29)13-12-24(30)27-23-11-7-6-10-22(23)21-8-4-3-5-9-21/h3-11,20H,12-19H2,1-2H3,(H,26,31)(H,27,30). The van der Waals surface area contributed by atoms with Gasteiger partial charge in [0.15, 0.2) is 0 Å². The number of rotatable bonds is 9. The Morgan fingerprint density at radius 1 is 0.871 bits per heavy atom. The van der Waals surface area contributed by atoms with E-state index in [1.807, 2.05) is 54.6 Å². The van der Waals surface area contributed by atoms with Gasteiger partial charge in [0, 0.05) is 56.9 Å². The number of hydrogen-bond acceptors (Lipinski definition) is 4. The van der Waals surface area contributed by atoms with Crippen molar-refractivity contribution in [3.63, 3.8) is 0 Å². The third-order valence-corrected chi connectivity index (χ3v) is 5.48. The number of nitrogens with one attached hydrogen (secondary N) is 2. The van der Waals surface area contributed by atoms with E-state index >= 15 is 0 Å². The summed E-state index contributed by atoms with van der Waals surface area (Å²) in [6.07, 6.45) is 0.456. The average Bonchev–Trinajstić information content (AvgIpc) is 2.78. The Labute approximate surface area is 185 Å². The van der Waals surface area contributed by atoms with Gasteiger partial charge in [0.1, 0.15) is 0 Å². The van der Waals surface area contributed by atoms with Crippen LogP contribution in [0.3, 0.4) is 0 Å². The quantitative estimate of drug-likeness (QED) is 0.652. The van der Waals surface area contributed by atoms with Gasteiger partial charge in [-0.25, -0.2) is 0 Å². The molecular weight excluding hydrogens is 388 g/mol. The predicted octanol–water partition coefficient (Wildman–Crippen LogP) is 3.07. The first-order chi connectivity index (χ1) is 15.0. The van der Waals surface area contributed by atoms with E-state index in [0.717, 1.165) is 56.1 Å². The van der Waals surface area contributed by atoms with Crippen molar-refractivity contribution in [2.75, 3.05) is 51.1 Å². The molecule has 0 spiro atoms. The highest BCUT2D eigenvalue weighted by atomic mass is 16.2. The lowest BCUT2D eigenvalue weighted by molar-refractivity contribution is -0.122. The molecule has 166 valence electrons. The number of hydrogen-bond donors (Lipinski definition) is 2. The molecule has 31 heavy (non-hydrogen) atoms. The summed E-state index contributed by atoms with van der Waals surface area (Å²) >= 11 is 0. The first-order valence-electron chi connectivity index (χ1n) is 11.2. The summed E-state index contributed by atoms with van der Waals surface area (Å²) < 4.78 is 0. The van der Waals surface area contributed by atoms with E-state index in [9.17, 15) is 9.59 Å². The van der Waals surface area contributed by atoms with Crippen molar-refractivity contribution in [1.82, 2.24) is 15.1 Å². The van der Waals surface area contributed by atoms with Crippen molar-refractivity contribution in [1.29, 1.82) is 0 Å². The van der Waals surface area contributed by atoms with Gasteiger partial charge in [-0.05, 0) is 17.5 Å². The van der Waals surface area contributed by atoms with Crippen molar-refractivity contribution < 1.29 is 9.59 Å². The van der Waals surface area contributed by atoms with E-state index < -0.39 is 0 Å². The summed E-state index contributed by atoms with van der Waals surface area (Å²) in [5.74, 6) is 0.587. The Balaban J connectivity index is 1.41. The van der Waals surface area contributed by atoms with Gasteiger partial charge in [0.2, 0.25) is 11.8 Å². The van der Waals surface area contributed by atoms with E-state index in [2.05, 4.69) is 34.3 Å². The summed E-state index contributed by atoms with van der Waals surface area (Å²) in [6, 6.07) is 18.0. The van der Waals surface area contributed by atoms with Gasteiger partial charge in [-0.15, -0.1) is 0 Å². The van der Waals surface area contributed by atoms with Crippen molar-refractivity contribution in [2.45, 2.75) is 20.3 Å². The molecule has 6 nitrogen and oxygen atoms in total. The van der Waals surface area contributed by atoms with Crippen LogP contribution in [0.1, 0.15) is 20.3 Å². The topological polar surface area (TPSA) is 64.7 Å². The van der Waals surface area contributed by atoms with E-state index in [1.165, 1.54) is 0 Å². The molecular formula is C25H34N4O2. The van der Waals surface area contributed by atoms with Crippen molar-refractivity contribution >= 4 is 17.5 Å². The molecule has 0 radical (unpaired) electrons. The largest absolute Gasteiger partial charge is 0.355 e. The Kier molecular flexibility index (Phi) is 8.62. The number of benzene rings is 2. The van der Waals surface area contributed by atoms with Crippen LogP contribution in [0.2, 0.25) is 0 Å². The van der Waals surface area contributed by atoms with E-state index in [1.54, 1.807) is 0 Å². The van der Waals surface area contributed by atoms with Gasteiger partial charge in [-0.1, -0.05) is 62.4 Å². The minimum absolute atomic E-state index is 0.0267. The third kappa shape index (κ3) is 7.49. The zero-order chi connectivity index (χ0) is 22.1. The second-order valence-electron chi connectivity index (χ2n) is 8.53. The molecule has 1 aliphatic heterocycles. The minimum Gasteiger partial charge on any atom is -0.355 e. The third-order valence-electron chi connectivity index (χ3n) is 5.48. The SMILES string of the molecule is CC(C)CNC(=O)CN1CCN(CCC(=O)Nc2ccccc2-c2ccccc2)CC1. The lowest BCUT2D eigenvalue weighted by atomic mass is 10.0. The summed E-state index contributed by atoms with van der Waals surface area (Å²) in [5.41, 5.74) is 2.96. The predicted molar refractivity (Wildman–Crippen MR) is 126 cm³/mol. The number of carbonyl (C=O) groups is 2. The molecule has 1 fully saturated rings. The molecule has 1 heterocycles. The van der Waals surface area contributed by atoms with Gasteiger partial charge in [-0.3, -0.25) is 14.5 Å². The fourth-order valence-corrected chi connectivity index (χ4v) is 3.68. The van der Waals surface area contributed by atoms with Crippen LogP contribution in [-0.2, 0) is 9.59 Å². The molecule has 1 saturated heterocycles. The number of nitrogens with zero attached hydrogens (tertiary/aromatic N) is 2. The van der Waals surface area contributed by atoms with Crippen molar-refractivity contribution in [3.05, 3.63) is 54.6 Å². The summed E-state index contributed by atoms with van der Waals surface area (Å²) in [4.78, 5) is 29.1. The Morgan fingerprint density at radius 2 is 1.52 bits per heavy atom. The number of amides is 2. The number of anilines is 1. The van der Waals surface area contributed by atoms with Crippen LogP contribution in [0.15, 0.2) is 54.6 Å². The van der Waals surface area contributed by atoms with Gasteiger partial charge >= 0.3 is 0 Å². The monoisotopic (exact) mass is 422 g/mol. The Bertz CT molecular complexity index is 846.